The van der Waals surface area contributed by atoms with Crippen LogP contribution in [-0.2, 0) is 0 Å². The quantitative estimate of drug-likeness (QED) is 0.488. The second kappa shape index (κ2) is 9.03. The van der Waals surface area contributed by atoms with Gasteiger partial charge in [0.1, 0.15) is 0 Å². The lowest BCUT2D eigenvalue weighted by atomic mass is 9.82. The van der Waals surface area contributed by atoms with Crippen molar-refractivity contribution in [1.82, 2.24) is 0 Å². The molecule has 2 aromatic carbocycles. The highest BCUT2D eigenvalue weighted by molar-refractivity contribution is 6.26. The number of benzene rings is 2. The van der Waals surface area contributed by atoms with Gasteiger partial charge < -0.3 is 0 Å². The maximum absolute atomic E-state index is 13.1. The van der Waals surface area contributed by atoms with Crippen LogP contribution in [0.15, 0.2) is 24.3 Å². The molecule has 0 heterocycles. The Labute approximate surface area is 179 Å². The standard InChI is InChI=1S/C26H32O4/c1-13(2)23(27)17-9-10-19(25(29)15(5)6)22-20(26(30)16(7)8)12-11-18(21(17)22)24(28)14(3)4/h9-16H,1-8H3. The summed E-state index contributed by atoms with van der Waals surface area (Å²) in [5, 5.41) is 0.871. The summed E-state index contributed by atoms with van der Waals surface area (Å²) in [5.74, 6) is -1.60. The highest BCUT2D eigenvalue weighted by atomic mass is 16.1. The Morgan fingerprint density at radius 1 is 0.433 bits per heavy atom. The lowest BCUT2D eigenvalue weighted by molar-refractivity contribution is 0.0924. The van der Waals surface area contributed by atoms with E-state index in [1.54, 1.807) is 79.7 Å². The predicted molar refractivity (Wildman–Crippen MR) is 121 cm³/mol. The number of carbonyl (C=O) groups is 4. The van der Waals surface area contributed by atoms with E-state index in [4.69, 9.17) is 0 Å². The Morgan fingerprint density at radius 2 is 0.600 bits per heavy atom. The van der Waals surface area contributed by atoms with Crippen LogP contribution in [0.3, 0.4) is 0 Å². The summed E-state index contributed by atoms with van der Waals surface area (Å²) in [6, 6.07) is 6.56. The van der Waals surface area contributed by atoms with Crippen LogP contribution in [0.2, 0.25) is 0 Å². The number of Topliss-reactive ketones (excluding diaryl/α,β-unsaturated/α-hetero) is 4. The topological polar surface area (TPSA) is 68.3 Å². The van der Waals surface area contributed by atoms with Crippen molar-refractivity contribution in [2.75, 3.05) is 0 Å². The van der Waals surface area contributed by atoms with Crippen LogP contribution in [0.25, 0.3) is 10.8 Å². The molecule has 0 N–H and O–H groups in total. The molecule has 30 heavy (non-hydrogen) atoms. The first kappa shape index (κ1) is 23.7. The van der Waals surface area contributed by atoms with E-state index in [-0.39, 0.29) is 46.8 Å². The summed E-state index contributed by atoms with van der Waals surface area (Å²) in [6.07, 6.45) is 0. The largest absolute Gasteiger partial charge is 0.294 e. The van der Waals surface area contributed by atoms with Crippen LogP contribution < -0.4 is 0 Å². The third-order valence-corrected chi connectivity index (χ3v) is 5.32. The van der Waals surface area contributed by atoms with E-state index < -0.39 is 0 Å². The molecule has 0 aliphatic heterocycles. The van der Waals surface area contributed by atoms with Crippen LogP contribution in [0.4, 0.5) is 0 Å². The van der Waals surface area contributed by atoms with E-state index in [1.165, 1.54) is 0 Å². The molecule has 0 spiro atoms. The number of rotatable bonds is 8. The van der Waals surface area contributed by atoms with E-state index in [0.717, 1.165) is 0 Å². The Bertz CT molecular complexity index is 862. The first-order valence-corrected chi connectivity index (χ1v) is 10.7. The molecule has 0 aliphatic rings. The molecule has 0 unspecified atom stereocenters. The number of carbonyl (C=O) groups excluding carboxylic acids is 4. The van der Waals surface area contributed by atoms with Gasteiger partial charge in [-0.25, -0.2) is 0 Å². The summed E-state index contributed by atoms with van der Waals surface area (Å²) in [6.45, 7) is 14.4. The summed E-state index contributed by atoms with van der Waals surface area (Å²) < 4.78 is 0. The zero-order valence-corrected chi connectivity index (χ0v) is 19.3. The van der Waals surface area contributed by atoms with Gasteiger partial charge in [-0.05, 0) is 0 Å². The van der Waals surface area contributed by atoms with Crippen molar-refractivity contribution >= 4 is 33.9 Å². The van der Waals surface area contributed by atoms with Crippen molar-refractivity contribution in [1.29, 1.82) is 0 Å². The van der Waals surface area contributed by atoms with E-state index in [2.05, 4.69) is 0 Å². The normalized spacial score (nSPS) is 11.7. The van der Waals surface area contributed by atoms with Crippen molar-refractivity contribution in [3.05, 3.63) is 46.5 Å². The lowest BCUT2D eigenvalue weighted by Crippen LogP contribution is -2.18. The van der Waals surface area contributed by atoms with Gasteiger partial charge >= 0.3 is 0 Å². The van der Waals surface area contributed by atoms with Crippen LogP contribution in [0.1, 0.15) is 96.8 Å². The van der Waals surface area contributed by atoms with Crippen molar-refractivity contribution in [2.45, 2.75) is 55.4 Å². The first-order chi connectivity index (χ1) is 13.9. The maximum atomic E-state index is 13.1. The van der Waals surface area contributed by atoms with Gasteiger partial charge in [-0.2, -0.15) is 0 Å². The third-order valence-electron chi connectivity index (χ3n) is 5.32. The summed E-state index contributed by atoms with van der Waals surface area (Å²) in [7, 11) is 0. The molecule has 0 amide bonds. The fourth-order valence-corrected chi connectivity index (χ4v) is 3.56. The van der Waals surface area contributed by atoms with E-state index in [9.17, 15) is 19.2 Å². The number of hydrogen-bond acceptors (Lipinski definition) is 4. The SMILES string of the molecule is CC(C)C(=O)c1ccc(C(=O)C(C)C)c2c(C(=O)C(C)C)ccc(C(=O)C(C)C)c12. The van der Waals surface area contributed by atoms with E-state index >= 15 is 0 Å². The van der Waals surface area contributed by atoms with Gasteiger partial charge in [0.05, 0.1) is 0 Å². The van der Waals surface area contributed by atoms with Crippen LogP contribution in [0.5, 0.6) is 0 Å². The number of fused-ring (bicyclic) bond motifs is 1. The van der Waals surface area contributed by atoms with Gasteiger partial charge in [-0.3, -0.25) is 19.2 Å². The molecule has 4 heteroatoms. The average molecular weight is 409 g/mol. The molecule has 0 saturated carbocycles. The van der Waals surface area contributed by atoms with Gasteiger partial charge in [-0.1, -0.05) is 79.7 Å². The third kappa shape index (κ3) is 4.28. The smallest absolute Gasteiger partial charge is 0.166 e. The Morgan fingerprint density at radius 3 is 0.733 bits per heavy atom. The first-order valence-electron chi connectivity index (χ1n) is 10.7. The number of hydrogen-bond donors (Lipinski definition) is 0. The minimum Gasteiger partial charge on any atom is -0.294 e. The molecule has 160 valence electrons. The molecule has 2 rings (SSSR count). The fraction of sp³-hybridized carbons (Fsp3) is 0.462. The average Bonchev–Trinajstić information content (AvgIpc) is 2.69. The zero-order valence-electron chi connectivity index (χ0n) is 19.3. The number of ketones is 4. The molecule has 0 aliphatic carbocycles. The fourth-order valence-electron chi connectivity index (χ4n) is 3.56. The molecular weight excluding hydrogens is 376 g/mol. The second-order valence-electron chi connectivity index (χ2n) is 9.15. The van der Waals surface area contributed by atoms with Crippen LogP contribution >= 0.6 is 0 Å². The van der Waals surface area contributed by atoms with Crippen LogP contribution in [-0.4, -0.2) is 23.1 Å². The summed E-state index contributed by atoms with van der Waals surface area (Å²) in [4.78, 5) is 52.2. The van der Waals surface area contributed by atoms with Gasteiger partial charge in [0, 0.05) is 56.7 Å². The Hall–Kier alpha value is -2.62. The van der Waals surface area contributed by atoms with Gasteiger partial charge in [0.25, 0.3) is 0 Å². The van der Waals surface area contributed by atoms with Crippen molar-refractivity contribution < 1.29 is 19.2 Å². The molecule has 4 nitrogen and oxygen atoms in total. The maximum Gasteiger partial charge on any atom is 0.166 e. The summed E-state index contributed by atoms with van der Waals surface area (Å²) >= 11 is 0. The van der Waals surface area contributed by atoms with Crippen molar-refractivity contribution in [2.24, 2.45) is 23.7 Å². The molecule has 0 bridgehead atoms. The minimum atomic E-state index is -0.286. The van der Waals surface area contributed by atoms with Crippen LogP contribution in [0, 0.1) is 23.7 Å². The molecule has 0 fully saturated rings. The molecule has 0 aromatic heterocycles. The Kier molecular flexibility index (Phi) is 7.12. The highest BCUT2D eigenvalue weighted by Gasteiger charge is 2.28. The zero-order chi connectivity index (χ0) is 22.9. The second-order valence-corrected chi connectivity index (χ2v) is 9.15. The monoisotopic (exact) mass is 408 g/mol. The molecule has 2 aromatic rings. The highest BCUT2D eigenvalue weighted by Crippen LogP contribution is 2.34. The van der Waals surface area contributed by atoms with Crippen molar-refractivity contribution in [3.63, 3.8) is 0 Å². The molecule has 0 atom stereocenters. The van der Waals surface area contributed by atoms with Gasteiger partial charge in [0.15, 0.2) is 23.1 Å². The predicted octanol–water partition coefficient (Wildman–Crippen LogP) is 6.19. The lowest BCUT2D eigenvalue weighted by Gasteiger charge is -2.20. The van der Waals surface area contributed by atoms with E-state index in [1.807, 2.05) is 0 Å². The van der Waals surface area contributed by atoms with Gasteiger partial charge in [-0.15, -0.1) is 0 Å². The summed E-state index contributed by atoms with van der Waals surface area (Å²) in [5.41, 5.74) is 1.57. The molecule has 0 radical (unpaired) electrons. The molecule has 0 saturated heterocycles. The minimum absolute atomic E-state index is 0.115. The van der Waals surface area contributed by atoms with Gasteiger partial charge in [0.2, 0.25) is 0 Å². The van der Waals surface area contributed by atoms with E-state index in [0.29, 0.717) is 33.0 Å². The Balaban J connectivity index is 3.15. The molecular formula is C26H32O4. The van der Waals surface area contributed by atoms with Crippen molar-refractivity contribution in [3.8, 4) is 0 Å².